The van der Waals surface area contributed by atoms with Gasteiger partial charge in [0.2, 0.25) is 11.9 Å². The second kappa shape index (κ2) is 9.98. The second-order valence-electron chi connectivity index (χ2n) is 8.00. The van der Waals surface area contributed by atoms with Crippen molar-refractivity contribution in [2.24, 2.45) is 0 Å². The number of aromatic nitrogens is 4. The monoisotopic (exact) mass is 464 g/mol. The highest BCUT2D eigenvalue weighted by atomic mass is 16.5. The number of benzene rings is 1. The number of piperazine rings is 1. The van der Waals surface area contributed by atoms with Gasteiger partial charge in [-0.25, -0.2) is 0 Å². The molecule has 4 aromatic rings. The average molecular weight is 465 g/mol. The van der Waals surface area contributed by atoms with E-state index in [0.717, 1.165) is 38.5 Å². The fraction of sp³-hybridized carbons (Fsp3) is 0.348. The summed E-state index contributed by atoms with van der Waals surface area (Å²) < 4.78 is 12.3. The van der Waals surface area contributed by atoms with Crippen LogP contribution in [0.25, 0.3) is 17.1 Å². The van der Waals surface area contributed by atoms with Gasteiger partial charge < -0.3 is 30.2 Å². The molecule has 1 aliphatic rings. The number of rotatable bonds is 9. The molecule has 0 aliphatic carbocycles. The van der Waals surface area contributed by atoms with Crippen LogP contribution in [0, 0.1) is 0 Å². The number of hydrogen-bond acceptors (Lipinski definition) is 10. The van der Waals surface area contributed by atoms with Crippen molar-refractivity contribution in [2.75, 3.05) is 68.4 Å². The number of nitrogens with zero attached hydrogens (tertiary/aromatic N) is 6. The van der Waals surface area contributed by atoms with Crippen molar-refractivity contribution in [3.8, 4) is 17.2 Å². The molecule has 0 saturated carbocycles. The molecule has 3 aromatic heterocycles. The lowest BCUT2D eigenvalue weighted by Crippen LogP contribution is -2.47. The number of aliphatic hydroxyl groups excluding tert-OH is 1. The molecule has 4 N–H and O–H groups in total. The Labute approximate surface area is 196 Å². The van der Waals surface area contributed by atoms with Crippen molar-refractivity contribution in [3.05, 3.63) is 48.7 Å². The predicted molar refractivity (Wildman–Crippen MR) is 129 cm³/mol. The maximum atomic E-state index is 8.86. The number of nitrogen functional groups attached to an aromatic ring is 1. The quantitative estimate of drug-likeness (QED) is 0.335. The highest BCUT2D eigenvalue weighted by Gasteiger charge is 2.17. The molecule has 0 unspecified atom stereocenters. The number of nitrogens with one attached hydrogen (secondary N) is 1. The molecule has 1 fully saturated rings. The van der Waals surface area contributed by atoms with E-state index in [1.54, 1.807) is 6.26 Å². The van der Waals surface area contributed by atoms with Crippen molar-refractivity contribution in [2.45, 2.75) is 0 Å². The lowest BCUT2D eigenvalue weighted by Gasteiger charge is -2.36. The Balaban J connectivity index is 1.11. The van der Waals surface area contributed by atoms with E-state index >= 15 is 0 Å². The van der Waals surface area contributed by atoms with E-state index in [4.69, 9.17) is 20.0 Å². The van der Waals surface area contributed by atoms with Gasteiger partial charge in [0.05, 0.1) is 12.9 Å². The van der Waals surface area contributed by atoms with Crippen LogP contribution in [0.5, 0.6) is 5.75 Å². The van der Waals surface area contributed by atoms with Crippen LogP contribution in [-0.4, -0.2) is 82.1 Å². The van der Waals surface area contributed by atoms with Crippen molar-refractivity contribution >= 4 is 23.2 Å². The van der Waals surface area contributed by atoms with Gasteiger partial charge in [-0.3, -0.25) is 4.90 Å². The highest BCUT2D eigenvalue weighted by Crippen LogP contribution is 2.22. The zero-order valence-electron chi connectivity index (χ0n) is 18.8. The average Bonchev–Trinajstić information content (AvgIpc) is 3.54. The summed E-state index contributed by atoms with van der Waals surface area (Å²) in [5.74, 6) is 2.19. The summed E-state index contributed by atoms with van der Waals surface area (Å²) in [6.07, 6.45) is 1.60. The van der Waals surface area contributed by atoms with Crippen LogP contribution in [0.4, 0.5) is 17.6 Å². The zero-order valence-corrected chi connectivity index (χ0v) is 18.8. The van der Waals surface area contributed by atoms with Gasteiger partial charge in [0.15, 0.2) is 11.4 Å². The van der Waals surface area contributed by atoms with E-state index < -0.39 is 0 Å². The highest BCUT2D eigenvalue weighted by molar-refractivity contribution is 5.61. The molecule has 0 radical (unpaired) electrons. The molecule has 0 spiro atoms. The van der Waals surface area contributed by atoms with Gasteiger partial charge in [-0.2, -0.15) is 19.6 Å². The molecule has 178 valence electrons. The second-order valence-corrected chi connectivity index (χ2v) is 8.00. The van der Waals surface area contributed by atoms with Crippen molar-refractivity contribution in [1.29, 1.82) is 0 Å². The van der Waals surface area contributed by atoms with Crippen LogP contribution < -0.4 is 20.7 Å². The number of furan rings is 1. The Morgan fingerprint density at radius 2 is 1.91 bits per heavy atom. The smallest absolute Gasteiger partial charge is 0.228 e. The molecule has 5 rings (SSSR count). The molecule has 1 aromatic carbocycles. The third-order valence-corrected chi connectivity index (χ3v) is 5.77. The van der Waals surface area contributed by atoms with E-state index in [1.165, 1.54) is 10.2 Å². The van der Waals surface area contributed by atoms with Gasteiger partial charge in [0.1, 0.15) is 18.1 Å². The summed E-state index contributed by atoms with van der Waals surface area (Å²) in [6.45, 7) is 5.78. The fourth-order valence-corrected chi connectivity index (χ4v) is 4.00. The normalized spacial score (nSPS) is 14.6. The third kappa shape index (κ3) is 4.90. The number of ether oxygens (including phenoxy) is 1. The number of fused-ring (bicyclic) bond motifs is 1. The lowest BCUT2D eigenvalue weighted by molar-refractivity contribution is 0.201. The van der Waals surface area contributed by atoms with Crippen molar-refractivity contribution in [1.82, 2.24) is 24.5 Å². The van der Waals surface area contributed by atoms with Crippen LogP contribution >= 0.6 is 0 Å². The lowest BCUT2D eigenvalue weighted by atomic mass is 10.2. The minimum absolute atomic E-state index is 0.0170. The number of aliphatic hydroxyl groups is 1. The number of nitrogens with two attached hydrogens (primary N) is 1. The molecule has 11 heteroatoms. The molecular formula is C23H28N8O3. The SMILES string of the molecule is Nc1nc(NCCN2CCN(c3ccc(OCCO)cc3)CC2)nc2cc(-c3ccco3)nn12. The van der Waals surface area contributed by atoms with Crippen LogP contribution in [0.3, 0.4) is 0 Å². The predicted octanol–water partition coefficient (Wildman–Crippen LogP) is 1.57. The summed E-state index contributed by atoms with van der Waals surface area (Å²) in [4.78, 5) is 13.6. The standard InChI is InChI=1S/C23H28N8O3/c24-22-27-23(26-21-16-19(28-31(21)22)20-2-1-14-34-20)25-7-8-29-9-11-30(12-10-29)17-3-5-18(6-4-17)33-15-13-32/h1-6,14,16,32H,7-13,15H2,(H3,24,25,26,27). The van der Waals surface area contributed by atoms with Crippen molar-refractivity contribution < 1.29 is 14.3 Å². The molecular weight excluding hydrogens is 436 g/mol. The number of hydrogen-bond donors (Lipinski definition) is 3. The molecule has 1 saturated heterocycles. The zero-order chi connectivity index (χ0) is 23.3. The summed E-state index contributed by atoms with van der Waals surface area (Å²) in [7, 11) is 0. The molecule has 4 heterocycles. The van der Waals surface area contributed by atoms with E-state index in [0.29, 0.717) is 36.2 Å². The fourth-order valence-electron chi connectivity index (χ4n) is 4.00. The summed E-state index contributed by atoms with van der Waals surface area (Å²) >= 11 is 0. The third-order valence-electron chi connectivity index (χ3n) is 5.77. The molecule has 34 heavy (non-hydrogen) atoms. The molecule has 0 amide bonds. The van der Waals surface area contributed by atoms with Gasteiger partial charge in [0.25, 0.3) is 0 Å². The van der Waals surface area contributed by atoms with E-state index in [2.05, 4.69) is 42.3 Å². The minimum atomic E-state index is 0.0170. The van der Waals surface area contributed by atoms with Crippen LogP contribution in [0.2, 0.25) is 0 Å². The molecule has 0 atom stereocenters. The van der Waals surface area contributed by atoms with E-state index in [-0.39, 0.29) is 12.6 Å². The first-order chi connectivity index (χ1) is 16.7. The van der Waals surface area contributed by atoms with Crippen LogP contribution in [0.1, 0.15) is 0 Å². The minimum Gasteiger partial charge on any atom is -0.491 e. The first-order valence-corrected chi connectivity index (χ1v) is 11.3. The maximum Gasteiger partial charge on any atom is 0.228 e. The van der Waals surface area contributed by atoms with Gasteiger partial charge in [0, 0.05) is 51.0 Å². The Morgan fingerprint density at radius 1 is 1.09 bits per heavy atom. The van der Waals surface area contributed by atoms with Crippen LogP contribution in [0.15, 0.2) is 53.1 Å². The Bertz CT molecular complexity index is 1200. The van der Waals surface area contributed by atoms with E-state index in [9.17, 15) is 0 Å². The van der Waals surface area contributed by atoms with Gasteiger partial charge in [-0.15, -0.1) is 0 Å². The molecule has 0 bridgehead atoms. The van der Waals surface area contributed by atoms with Gasteiger partial charge >= 0.3 is 0 Å². The van der Waals surface area contributed by atoms with Gasteiger partial charge in [-0.1, -0.05) is 0 Å². The summed E-state index contributed by atoms with van der Waals surface area (Å²) in [5, 5.41) is 16.6. The maximum absolute atomic E-state index is 8.86. The Kier molecular flexibility index (Phi) is 6.45. The number of anilines is 3. The first kappa shape index (κ1) is 22.0. The van der Waals surface area contributed by atoms with Crippen molar-refractivity contribution in [3.63, 3.8) is 0 Å². The summed E-state index contributed by atoms with van der Waals surface area (Å²) in [5.41, 5.74) is 8.54. The van der Waals surface area contributed by atoms with Gasteiger partial charge in [-0.05, 0) is 36.4 Å². The Morgan fingerprint density at radius 3 is 2.65 bits per heavy atom. The largest absolute Gasteiger partial charge is 0.491 e. The molecule has 11 nitrogen and oxygen atoms in total. The molecule has 1 aliphatic heterocycles. The Hall–Kier alpha value is -3.83. The van der Waals surface area contributed by atoms with E-state index in [1.807, 2.05) is 30.3 Å². The summed E-state index contributed by atoms with van der Waals surface area (Å²) in [6, 6.07) is 13.5. The topological polar surface area (TPSA) is 130 Å². The van der Waals surface area contributed by atoms with Crippen LogP contribution in [-0.2, 0) is 0 Å². The first-order valence-electron chi connectivity index (χ1n) is 11.3.